The van der Waals surface area contributed by atoms with Crippen molar-refractivity contribution in [3.05, 3.63) is 52.3 Å². The SMILES string of the molecule is Cn1cc(N2CCN(c3nnc(Cc4ccc(Cl)cc4)s3)CC2)cn1. The summed E-state index contributed by atoms with van der Waals surface area (Å²) in [4.78, 5) is 4.68. The molecule has 3 heterocycles. The predicted molar refractivity (Wildman–Crippen MR) is 102 cm³/mol. The number of anilines is 2. The Kier molecular flexibility index (Phi) is 4.59. The Labute approximate surface area is 155 Å². The van der Waals surface area contributed by atoms with E-state index in [1.165, 1.54) is 11.3 Å². The van der Waals surface area contributed by atoms with Gasteiger partial charge in [0, 0.05) is 50.9 Å². The fourth-order valence-corrected chi connectivity index (χ4v) is 4.00. The lowest BCUT2D eigenvalue weighted by Crippen LogP contribution is -2.46. The summed E-state index contributed by atoms with van der Waals surface area (Å²) in [5, 5.41) is 15.8. The van der Waals surface area contributed by atoms with Crippen LogP contribution < -0.4 is 9.80 Å². The number of hydrogen-bond donors (Lipinski definition) is 0. The van der Waals surface area contributed by atoms with Crippen LogP contribution in [0.4, 0.5) is 10.8 Å². The summed E-state index contributed by atoms with van der Waals surface area (Å²) in [5.74, 6) is 0. The summed E-state index contributed by atoms with van der Waals surface area (Å²) in [6, 6.07) is 7.90. The van der Waals surface area contributed by atoms with Crippen LogP contribution in [0.2, 0.25) is 5.02 Å². The zero-order chi connectivity index (χ0) is 17.2. The molecule has 0 bridgehead atoms. The molecule has 0 aliphatic carbocycles. The van der Waals surface area contributed by atoms with Gasteiger partial charge < -0.3 is 9.80 Å². The lowest BCUT2D eigenvalue weighted by Gasteiger charge is -2.34. The summed E-state index contributed by atoms with van der Waals surface area (Å²) < 4.78 is 1.84. The molecule has 0 spiro atoms. The normalized spacial score (nSPS) is 15.0. The third-order valence-corrected chi connectivity index (χ3v) is 5.57. The molecule has 0 radical (unpaired) electrons. The molecule has 0 saturated carbocycles. The van der Waals surface area contributed by atoms with Crippen LogP contribution in [-0.4, -0.2) is 46.2 Å². The molecule has 25 heavy (non-hydrogen) atoms. The molecule has 130 valence electrons. The Morgan fingerprint density at radius 1 is 1.04 bits per heavy atom. The predicted octanol–water partition coefficient (Wildman–Crippen LogP) is 2.84. The van der Waals surface area contributed by atoms with Gasteiger partial charge in [-0.2, -0.15) is 5.10 Å². The highest BCUT2D eigenvalue weighted by Gasteiger charge is 2.21. The second kappa shape index (κ2) is 7.01. The minimum atomic E-state index is 0.758. The van der Waals surface area contributed by atoms with E-state index in [1.54, 1.807) is 11.3 Å². The summed E-state index contributed by atoms with van der Waals surface area (Å²) >= 11 is 7.61. The second-order valence-electron chi connectivity index (χ2n) is 6.13. The molecule has 1 aliphatic rings. The van der Waals surface area contributed by atoms with E-state index < -0.39 is 0 Å². The average Bonchev–Trinajstić information content (AvgIpc) is 3.26. The minimum absolute atomic E-state index is 0.758. The number of halogens is 1. The summed E-state index contributed by atoms with van der Waals surface area (Å²) in [7, 11) is 1.95. The van der Waals surface area contributed by atoms with Gasteiger partial charge in [0.05, 0.1) is 11.9 Å². The number of piperazine rings is 1. The molecular formula is C17H19ClN6S. The van der Waals surface area contributed by atoms with Crippen molar-refractivity contribution in [3.63, 3.8) is 0 Å². The first-order valence-electron chi connectivity index (χ1n) is 8.23. The van der Waals surface area contributed by atoms with Crippen LogP contribution in [0.25, 0.3) is 0 Å². The van der Waals surface area contributed by atoms with E-state index in [-0.39, 0.29) is 0 Å². The lowest BCUT2D eigenvalue weighted by molar-refractivity contribution is 0.649. The van der Waals surface area contributed by atoms with Gasteiger partial charge >= 0.3 is 0 Å². The van der Waals surface area contributed by atoms with Crippen molar-refractivity contribution >= 4 is 33.8 Å². The Morgan fingerprint density at radius 3 is 2.44 bits per heavy atom. The Balaban J connectivity index is 1.37. The van der Waals surface area contributed by atoms with Crippen LogP contribution in [0.15, 0.2) is 36.7 Å². The molecule has 1 fully saturated rings. The number of benzene rings is 1. The highest BCUT2D eigenvalue weighted by Crippen LogP contribution is 2.25. The van der Waals surface area contributed by atoms with E-state index in [0.29, 0.717) is 0 Å². The molecule has 3 aromatic rings. The molecule has 4 rings (SSSR count). The van der Waals surface area contributed by atoms with Gasteiger partial charge in [-0.1, -0.05) is 35.1 Å². The number of hydrogen-bond acceptors (Lipinski definition) is 6. The Hall–Kier alpha value is -2.12. The Bertz CT molecular complexity index is 835. The van der Waals surface area contributed by atoms with Crippen LogP contribution in [0.5, 0.6) is 0 Å². The van der Waals surface area contributed by atoms with Gasteiger partial charge in [-0.25, -0.2) is 0 Å². The van der Waals surface area contributed by atoms with Crippen molar-refractivity contribution in [2.75, 3.05) is 36.0 Å². The maximum Gasteiger partial charge on any atom is 0.208 e. The minimum Gasteiger partial charge on any atom is -0.365 e. The first-order valence-corrected chi connectivity index (χ1v) is 9.42. The van der Waals surface area contributed by atoms with Crippen LogP contribution >= 0.6 is 22.9 Å². The summed E-state index contributed by atoms with van der Waals surface area (Å²) in [5.41, 5.74) is 2.39. The van der Waals surface area contributed by atoms with Crippen molar-refractivity contribution in [1.29, 1.82) is 0 Å². The number of nitrogens with zero attached hydrogens (tertiary/aromatic N) is 6. The first-order chi connectivity index (χ1) is 12.2. The molecule has 8 heteroatoms. The van der Waals surface area contributed by atoms with Gasteiger partial charge in [0.15, 0.2) is 0 Å². The zero-order valence-electron chi connectivity index (χ0n) is 14.0. The van der Waals surface area contributed by atoms with Crippen LogP contribution in [-0.2, 0) is 13.5 Å². The number of aromatic nitrogens is 4. The van der Waals surface area contributed by atoms with Crippen LogP contribution in [0.1, 0.15) is 10.6 Å². The average molecular weight is 375 g/mol. The molecule has 1 aromatic carbocycles. The van der Waals surface area contributed by atoms with Crippen molar-refractivity contribution in [2.24, 2.45) is 7.05 Å². The maximum atomic E-state index is 5.94. The second-order valence-corrected chi connectivity index (χ2v) is 7.60. The fraction of sp³-hybridized carbons (Fsp3) is 0.353. The number of aryl methyl sites for hydroxylation is 1. The van der Waals surface area contributed by atoms with Gasteiger partial charge in [-0.05, 0) is 17.7 Å². The molecule has 2 aromatic heterocycles. The smallest absolute Gasteiger partial charge is 0.208 e. The van der Waals surface area contributed by atoms with Crippen LogP contribution in [0, 0.1) is 0 Å². The topological polar surface area (TPSA) is 50.1 Å². The van der Waals surface area contributed by atoms with Gasteiger partial charge in [0.2, 0.25) is 5.13 Å². The monoisotopic (exact) mass is 374 g/mol. The van der Waals surface area contributed by atoms with E-state index >= 15 is 0 Å². The van der Waals surface area contributed by atoms with E-state index in [0.717, 1.165) is 47.8 Å². The molecule has 1 saturated heterocycles. The van der Waals surface area contributed by atoms with Crippen molar-refractivity contribution in [1.82, 2.24) is 20.0 Å². The molecule has 0 unspecified atom stereocenters. The van der Waals surface area contributed by atoms with E-state index in [2.05, 4.69) is 31.3 Å². The largest absolute Gasteiger partial charge is 0.365 e. The molecule has 0 atom stereocenters. The van der Waals surface area contributed by atoms with Crippen molar-refractivity contribution < 1.29 is 0 Å². The highest BCUT2D eigenvalue weighted by atomic mass is 35.5. The van der Waals surface area contributed by atoms with Gasteiger partial charge in [-0.15, -0.1) is 10.2 Å². The van der Waals surface area contributed by atoms with Gasteiger partial charge in [0.25, 0.3) is 0 Å². The van der Waals surface area contributed by atoms with Crippen molar-refractivity contribution in [3.8, 4) is 0 Å². The standard InChI is InChI=1S/C17H19ClN6S/c1-22-12-15(11-19-22)23-6-8-24(9-7-23)17-21-20-16(25-17)10-13-2-4-14(18)5-3-13/h2-5,11-12H,6-10H2,1H3. The number of rotatable bonds is 4. The quantitative estimate of drug-likeness (QED) is 0.702. The highest BCUT2D eigenvalue weighted by molar-refractivity contribution is 7.15. The van der Waals surface area contributed by atoms with E-state index in [1.807, 2.05) is 42.2 Å². The molecule has 0 amide bonds. The van der Waals surface area contributed by atoms with Gasteiger partial charge in [0.1, 0.15) is 5.01 Å². The molecular weight excluding hydrogens is 356 g/mol. The maximum absolute atomic E-state index is 5.94. The third kappa shape index (κ3) is 3.77. The van der Waals surface area contributed by atoms with E-state index in [9.17, 15) is 0 Å². The molecule has 1 aliphatic heterocycles. The first kappa shape index (κ1) is 16.4. The fourth-order valence-electron chi connectivity index (χ4n) is 2.95. The Morgan fingerprint density at radius 2 is 1.76 bits per heavy atom. The summed E-state index contributed by atoms with van der Waals surface area (Å²) in [6.45, 7) is 3.84. The molecule has 6 nitrogen and oxygen atoms in total. The van der Waals surface area contributed by atoms with Gasteiger partial charge in [-0.3, -0.25) is 4.68 Å². The third-order valence-electron chi connectivity index (χ3n) is 4.33. The zero-order valence-corrected chi connectivity index (χ0v) is 15.5. The van der Waals surface area contributed by atoms with Crippen LogP contribution in [0.3, 0.4) is 0 Å². The van der Waals surface area contributed by atoms with Crippen molar-refractivity contribution in [2.45, 2.75) is 6.42 Å². The summed E-state index contributed by atoms with van der Waals surface area (Å²) in [6.07, 6.45) is 4.78. The molecule has 0 N–H and O–H groups in total. The lowest BCUT2D eigenvalue weighted by atomic mass is 10.2. The van der Waals surface area contributed by atoms with E-state index in [4.69, 9.17) is 11.6 Å².